The lowest BCUT2D eigenvalue weighted by Gasteiger charge is -2.07. The van der Waals surface area contributed by atoms with Crippen molar-refractivity contribution in [3.63, 3.8) is 0 Å². The number of hydrogen-bond donors (Lipinski definition) is 2. The Bertz CT molecular complexity index is 327. The lowest BCUT2D eigenvalue weighted by Crippen LogP contribution is -2.36. The summed E-state index contributed by atoms with van der Waals surface area (Å²) in [6, 6.07) is 9.50. The average molecular weight is 236 g/mol. The molecule has 1 atom stereocenters. The van der Waals surface area contributed by atoms with Gasteiger partial charge in [0.1, 0.15) is 0 Å². The molecular weight excluding hydrogens is 216 g/mol. The monoisotopic (exact) mass is 236 g/mol. The maximum absolute atomic E-state index is 10.7. The van der Waals surface area contributed by atoms with Crippen LogP contribution in [0.1, 0.15) is 24.8 Å². The Morgan fingerprint density at radius 3 is 2.59 bits per heavy atom. The Morgan fingerprint density at radius 2 is 1.94 bits per heavy atom. The SMILES string of the molecule is NC(=O)C(N)CCCCOCc1ccccc1. The molecule has 0 spiro atoms. The molecule has 1 aromatic rings. The number of carbonyl (C=O) groups excluding carboxylic acids is 1. The van der Waals surface area contributed by atoms with Gasteiger partial charge in [0.05, 0.1) is 12.6 Å². The minimum atomic E-state index is -0.524. The predicted octanol–water partition coefficient (Wildman–Crippen LogP) is 1.19. The summed E-state index contributed by atoms with van der Waals surface area (Å²) < 4.78 is 5.50. The van der Waals surface area contributed by atoms with E-state index in [9.17, 15) is 4.79 Å². The van der Waals surface area contributed by atoms with Gasteiger partial charge in [-0.3, -0.25) is 4.79 Å². The molecule has 1 unspecified atom stereocenters. The molecule has 4 heteroatoms. The first kappa shape index (κ1) is 13.7. The summed E-state index contributed by atoms with van der Waals surface area (Å²) in [7, 11) is 0. The third kappa shape index (κ3) is 6.04. The molecular formula is C13H20N2O2. The number of hydrogen-bond acceptors (Lipinski definition) is 3. The van der Waals surface area contributed by atoms with E-state index in [1.54, 1.807) is 0 Å². The van der Waals surface area contributed by atoms with E-state index in [2.05, 4.69) is 0 Å². The summed E-state index contributed by atoms with van der Waals surface area (Å²) in [6.07, 6.45) is 2.39. The normalized spacial score (nSPS) is 12.3. The molecule has 94 valence electrons. The van der Waals surface area contributed by atoms with E-state index in [-0.39, 0.29) is 0 Å². The van der Waals surface area contributed by atoms with Crippen molar-refractivity contribution in [1.82, 2.24) is 0 Å². The van der Waals surface area contributed by atoms with Crippen molar-refractivity contribution < 1.29 is 9.53 Å². The van der Waals surface area contributed by atoms with Crippen LogP contribution in [0.4, 0.5) is 0 Å². The third-order valence-corrected chi connectivity index (χ3v) is 2.53. The molecule has 0 aliphatic rings. The number of benzene rings is 1. The maximum Gasteiger partial charge on any atom is 0.234 e. The van der Waals surface area contributed by atoms with Gasteiger partial charge in [-0.05, 0) is 24.8 Å². The Balaban J connectivity index is 2.00. The van der Waals surface area contributed by atoms with Crippen molar-refractivity contribution in [3.8, 4) is 0 Å². The van der Waals surface area contributed by atoms with Crippen LogP contribution in [0.2, 0.25) is 0 Å². The fourth-order valence-corrected chi connectivity index (χ4v) is 1.47. The summed E-state index contributed by atoms with van der Waals surface area (Å²) in [6.45, 7) is 1.31. The number of ether oxygens (including phenoxy) is 1. The summed E-state index contributed by atoms with van der Waals surface area (Å²) in [5.41, 5.74) is 11.7. The van der Waals surface area contributed by atoms with Crippen LogP contribution in [0.5, 0.6) is 0 Å². The van der Waals surface area contributed by atoms with Crippen molar-refractivity contribution in [2.45, 2.75) is 31.9 Å². The Hall–Kier alpha value is -1.39. The first-order valence-corrected chi connectivity index (χ1v) is 5.86. The minimum absolute atomic E-state index is 0.435. The molecule has 4 N–H and O–H groups in total. The topological polar surface area (TPSA) is 78.3 Å². The van der Waals surface area contributed by atoms with Gasteiger partial charge in [-0.15, -0.1) is 0 Å². The van der Waals surface area contributed by atoms with Gasteiger partial charge in [-0.1, -0.05) is 30.3 Å². The van der Waals surface area contributed by atoms with E-state index < -0.39 is 11.9 Å². The van der Waals surface area contributed by atoms with E-state index in [4.69, 9.17) is 16.2 Å². The Labute approximate surface area is 102 Å². The fraction of sp³-hybridized carbons (Fsp3) is 0.462. The highest BCUT2D eigenvalue weighted by atomic mass is 16.5. The zero-order valence-corrected chi connectivity index (χ0v) is 9.97. The second-order valence-corrected chi connectivity index (χ2v) is 4.04. The maximum atomic E-state index is 10.7. The van der Waals surface area contributed by atoms with Crippen LogP contribution < -0.4 is 11.5 Å². The van der Waals surface area contributed by atoms with Gasteiger partial charge in [0, 0.05) is 6.61 Å². The number of nitrogens with two attached hydrogens (primary N) is 2. The molecule has 1 amide bonds. The molecule has 0 heterocycles. The standard InChI is InChI=1S/C13H20N2O2/c14-12(13(15)16)8-4-5-9-17-10-11-6-2-1-3-7-11/h1-3,6-7,12H,4-5,8-10,14H2,(H2,15,16). The van der Waals surface area contributed by atoms with Crippen LogP contribution in [0, 0.1) is 0 Å². The Morgan fingerprint density at radius 1 is 1.24 bits per heavy atom. The van der Waals surface area contributed by atoms with Crippen molar-refractivity contribution in [3.05, 3.63) is 35.9 Å². The number of amides is 1. The number of rotatable bonds is 8. The van der Waals surface area contributed by atoms with E-state index in [0.29, 0.717) is 19.6 Å². The van der Waals surface area contributed by atoms with E-state index >= 15 is 0 Å². The predicted molar refractivity (Wildman–Crippen MR) is 67.1 cm³/mol. The third-order valence-electron chi connectivity index (χ3n) is 2.53. The number of primary amides is 1. The molecule has 0 aromatic heterocycles. The van der Waals surface area contributed by atoms with Crippen LogP contribution in [0.15, 0.2) is 30.3 Å². The highest BCUT2D eigenvalue weighted by Crippen LogP contribution is 2.03. The van der Waals surface area contributed by atoms with Crippen molar-refractivity contribution in [2.75, 3.05) is 6.61 Å². The first-order chi connectivity index (χ1) is 8.20. The van der Waals surface area contributed by atoms with E-state index in [1.165, 1.54) is 5.56 Å². The minimum Gasteiger partial charge on any atom is -0.377 e. The van der Waals surface area contributed by atoms with Gasteiger partial charge in [0.2, 0.25) is 5.91 Å². The summed E-state index contributed by atoms with van der Waals surface area (Å²) in [5.74, 6) is -0.435. The van der Waals surface area contributed by atoms with E-state index in [0.717, 1.165) is 12.8 Å². The van der Waals surface area contributed by atoms with Gasteiger partial charge < -0.3 is 16.2 Å². The van der Waals surface area contributed by atoms with Gasteiger partial charge in [0.15, 0.2) is 0 Å². The molecule has 0 aliphatic carbocycles. The molecule has 4 nitrogen and oxygen atoms in total. The zero-order valence-electron chi connectivity index (χ0n) is 9.97. The molecule has 1 rings (SSSR count). The highest BCUT2D eigenvalue weighted by Gasteiger charge is 2.07. The van der Waals surface area contributed by atoms with Gasteiger partial charge in [-0.2, -0.15) is 0 Å². The fourth-order valence-electron chi connectivity index (χ4n) is 1.47. The molecule has 0 aliphatic heterocycles. The smallest absolute Gasteiger partial charge is 0.234 e. The molecule has 1 aromatic carbocycles. The van der Waals surface area contributed by atoms with Crippen molar-refractivity contribution in [1.29, 1.82) is 0 Å². The van der Waals surface area contributed by atoms with Crippen LogP contribution in [-0.4, -0.2) is 18.6 Å². The van der Waals surface area contributed by atoms with Gasteiger partial charge in [-0.25, -0.2) is 0 Å². The van der Waals surface area contributed by atoms with Crippen LogP contribution in [-0.2, 0) is 16.1 Å². The molecule has 0 saturated heterocycles. The van der Waals surface area contributed by atoms with Crippen LogP contribution >= 0.6 is 0 Å². The molecule has 17 heavy (non-hydrogen) atoms. The summed E-state index contributed by atoms with van der Waals surface area (Å²) >= 11 is 0. The number of carbonyl (C=O) groups is 1. The molecule has 0 fully saturated rings. The van der Waals surface area contributed by atoms with Crippen molar-refractivity contribution >= 4 is 5.91 Å². The molecule has 0 bridgehead atoms. The van der Waals surface area contributed by atoms with Crippen LogP contribution in [0.25, 0.3) is 0 Å². The zero-order chi connectivity index (χ0) is 12.5. The second kappa shape index (κ2) is 7.81. The van der Waals surface area contributed by atoms with Crippen molar-refractivity contribution in [2.24, 2.45) is 11.5 Å². The quantitative estimate of drug-likeness (QED) is 0.665. The number of unbranched alkanes of at least 4 members (excludes halogenated alkanes) is 1. The Kier molecular flexibility index (Phi) is 6.29. The van der Waals surface area contributed by atoms with E-state index in [1.807, 2.05) is 30.3 Å². The molecule has 0 radical (unpaired) electrons. The van der Waals surface area contributed by atoms with Gasteiger partial charge >= 0.3 is 0 Å². The van der Waals surface area contributed by atoms with Crippen LogP contribution in [0.3, 0.4) is 0 Å². The average Bonchev–Trinajstić information content (AvgIpc) is 2.34. The lowest BCUT2D eigenvalue weighted by molar-refractivity contribution is -0.119. The van der Waals surface area contributed by atoms with Gasteiger partial charge in [0.25, 0.3) is 0 Å². The first-order valence-electron chi connectivity index (χ1n) is 5.86. The highest BCUT2D eigenvalue weighted by molar-refractivity contribution is 5.79. The largest absolute Gasteiger partial charge is 0.377 e. The molecule has 0 saturated carbocycles. The lowest BCUT2D eigenvalue weighted by atomic mass is 10.1. The second-order valence-electron chi connectivity index (χ2n) is 4.04. The summed E-state index contributed by atoms with van der Waals surface area (Å²) in [4.78, 5) is 10.7. The summed E-state index contributed by atoms with van der Waals surface area (Å²) in [5, 5.41) is 0.